The second-order valence-electron chi connectivity index (χ2n) is 29.8. The smallest absolute Gasteiger partial charge is 0.127 e. The van der Waals surface area contributed by atoms with Crippen molar-refractivity contribution in [1.29, 1.82) is 0 Å². The number of fused-ring (bicyclic) bond motifs is 13. The predicted molar refractivity (Wildman–Crippen MR) is 442 cm³/mol. The van der Waals surface area contributed by atoms with Crippen molar-refractivity contribution in [2.24, 2.45) is 5.92 Å². The number of anilines is 7. The molecular formula is C94H113N9O. The van der Waals surface area contributed by atoms with E-state index in [1.54, 1.807) is 0 Å². The minimum atomic E-state index is 0.494. The number of hydrogen-bond acceptors (Lipinski definition) is 10. The molecule has 540 valence electrons. The molecule has 6 heterocycles. The molecule has 1 saturated heterocycles. The summed E-state index contributed by atoms with van der Waals surface area (Å²) in [6.07, 6.45) is 13.6. The standard InChI is InChI=1S/C20H26N2.C19H24N2.C19H21NO.C18H20N2.C18H22N2/c1-16(14-21(2)3)15-22-19-10-6-4-8-17(19)12-13-18-9-5-7-11-20(18)22;1-20(2)14-7-15-21-18-10-5-3-8-16(18)12-13-17-9-4-6-11-19(17)21;1-20(2)13-7-11-17-16-9-4-3-8-15(16)14-21-19-12-6-5-10-18(17)19;1-19-10-11-20-17-9-5-3-7-15(17)12-14-6-2-4-8-16(14)18(20)13-19;1-19-13-6-14-20-17-9-4-2-7-15(17)11-12-16-8-3-5-10-18(16)20/h4-11,16H,12-15H2,1-3H3;3-6,8-11H,7,12-15H2,1-2H3;3-6,8-12H,7,13-14H2,1-2H3;2-9,18H,10-13H2,1H3;2-5,7-10,19H,6,11-14H2,1H3/b;;17-11-;;. The number of hydrogen-bond donors (Lipinski definition) is 1. The second-order valence-corrected chi connectivity index (χ2v) is 29.8. The highest BCUT2D eigenvalue weighted by Gasteiger charge is 2.32. The Hall–Kier alpha value is -9.26. The molecular weight excluding hydrogens is 1270 g/mol. The fourth-order valence-corrected chi connectivity index (χ4v) is 16.1. The molecule has 1 fully saturated rings. The summed E-state index contributed by atoms with van der Waals surface area (Å²) in [7, 11) is 17.1. The van der Waals surface area contributed by atoms with E-state index >= 15 is 0 Å². The molecule has 2 atom stereocenters. The van der Waals surface area contributed by atoms with E-state index in [1.165, 1.54) is 119 Å². The van der Waals surface area contributed by atoms with Crippen LogP contribution in [0.2, 0.25) is 0 Å². The first-order valence-corrected chi connectivity index (χ1v) is 38.4. The summed E-state index contributed by atoms with van der Waals surface area (Å²) in [5, 5.41) is 3.24. The van der Waals surface area contributed by atoms with Gasteiger partial charge in [-0.05, 0) is 255 Å². The number of rotatable bonds is 15. The maximum absolute atomic E-state index is 5.98. The zero-order valence-corrected chi connectivity index (χ0v) is 63.7. The van der Waals surface area contributed by atoms with Crippen molar-refractivity contribution >= 4 is 45.4 Å². The van der Waals surface area contributed by atoms with Gasteiger partial charge in [0.15, 0.2) is 0 Å². The van der Waals surface area contributed by atoms with Gasteiger partial charge in [-0.2, -0.15) is 0 Å². The van der Waals surface area contributed by atoms with Crippen molar-refractivity contribution in [2.75, 3.05) is 141 Å². The van der Waals surface area contributed by atoms with Gasteiger partial charge in [-0.15, -0.1) is 0 Å². The number of aryl methyl sites for hydroxylation is 6. The lowest BCUT2D eigenvalue weighted by Crippen LogP contribution is -2.46. The first kappa shape index (κ1) is 74.5. The van der Waals surface area contributed by atoms with Crippen LogP contribution in [0.15, 0.2) is 249 Å². The first-order valence-electron chi connectivity index (χ1n) is 38.4. The quantitative estimate of drug-likeness (QED) is 0.100. The summed E-state index contributed by atoms with van der Waals surface area (Å²) in [5.41, 5.74) is 28.1. The highest BCUT2D eigenvalue weighted by Crippen LogP contribution is 2.42. The monoisotopic (exact) mass is 1380 g/mol. The van der Waals surface area contributed by atoms with Crippen LogP contribution in [-0.2, 0) is 51.6 Å². The van der Waals surface area contributed by atoms with Gasteiger partial charge in [0.25, 0.3) is 0 Å². The first-order chi connectivity index (χ1) is 50.9. The normalized spacial score (nSPS) is 15.8. The lowest BCUT2D eigenvalue weighted by atomic mass is 9.93. The molecule has 0 aliphatic carbocycles. The zero-order valence-electron chi connectivity index (χ0n) is 63.7. The van der Waals surface area contributed by atoms with Crippen LogP contribution in [0.1, 0.15) is 99.0 Å². The molecule has 10 aromatic rings. The Bertz CT molecular complexity index is 4210. The lowest BCUT2D eigenvalue weighted by molar-refractivity contribution is 0.269. The van der Waals surface area contributed by atoms with Gasteiger partial charge in [0.05, 0.1) is 6.04 Å². The van der Waals surface area contributed by atoms with E-state index in [0.717, 1.165) is 129 Å². The molecule has 104 heavy (non-hydrogen) atoms. The molecule has 2 unspecified atom stereocenters. The number of benzene rings is 10. The van der Waals surface area contributed by atoms with Gasteiger partial charge in [0, 0.05) is 97.7 Å². The van der Waals surface area contributed by atoms with Crippen molar-refractivity contribution < 1.29 is 4.74 Å². The Morgan fingerprint density at radius 3 is 1.34 bits per heavy atom. The van der Waals surface area contributed by atoms with Crippen LogP contribution in [0, 0.1) is 5.92 Å². The van der Waals surface area contributed by atoms with E-state index in [1.807, 2.05) is 13.1 Å². The molecule has 0 bridgehead atoms. The molecule has 16 rings (SSSR count). The van der Waals surface area contributed by atoms with E-state index in [2.05, 4.69) is 343 Å². The average Bonchev–Trinajstić information content (AvgIpc) is 1.61. The minimum absolute atomic E-state index is 0.494. The Morgan fingerprint density at radius 2 is 0.846 bits per heavy atom. The number of para-hydroxylation sites is 8. The molecule has 6 aliphatic heterocycles. The summed E-state index contributed by atoms with van der Waals surface area (Å²) < 4.78 is 5.98. The van der Waals surface area contributed by atoms with Crippen molar-refractivity contribution in [1.82, 2.24) is 24.9 Å². The highest BCUT2D eigenvalue weighted by atomic mass is 16.5. The molecule has 10 heteroatoms. The average molecular weight is 1380 g/mol. The summed E-state index contributed by atoms with van der Waals surface area (Å²) in [5.74, 6) is 1.60. The Labute approximate surface area is 623 Å². The van der Waals surface area contributed by atoms with Crippen molar-refractivity contribution in [3.63, 3.8) is 0 Å². The van der Waals surface area contributed by atoms with Crippen LogP contribution in [-0.4, -0.2) is 141 Å². The third kappa shape index (κ3) is 19.0. The van der Waals surface area contributed by atoms with E-state index in [4.69, 9.17) is 4.74 Å². The predicted octanol–water partition coefficient (Wildman–Crippen LogP) is 18.6. The van der Waals surface area contributed by atoms with Crippen molar-refractivity contribution in [3.05, 3.63) is 315 Å². The van der Waals surface area contributed by atoms with Crippen LogP contribution in [0.5, 0.6) is 5.75 Å². The van der Waals surface area contributed by atoms with Gasteiger partial charge in [0.1, 0.15) is 12.4 Å². The lowest BCUT2D eigenvalue weighted by Gasteiger charge is -2.41. The molecule has 0 saturated carbocycles. The third-order valence-electron chi connectivity index (χ3n) is 21.1. The topological polar surface area (TPSA) is 47.2 Å². The molecule has 0 aromatic heterocycles. The molecule has 1 N–H and O–H groups in total. The summed E-state index contributed by atoms with van der Waals surface area (Å²) in [4.78, 5) is 19.4. The van der Waals surface area contributed by atoms with Gasteiger partial charge in [-0.3, -0.25) is 0 Å². The van der Waals surface area contributed by atoms with Gasteiger partial charge >= 0.3 is 0 Å². The van der Waals surface area contributed by atoms with Crippen molar-refractivity contribution in [3.8, 4) is 5.75 Å². The number of piperazine rings is 1. The number of nitrogens with zero attached hydrogens (tertiary/aromatic N) is 8. The summed E-state index contributed by atoms with van der Waals surface area (Å²) in [6.45, 7) is 13.9. The van der Waals surface area contributed by atoms with Crippen LogP contribution in [0.25, 0.3) is 5.57 Å². The number of likely N-dealkylation sites (N-methyl/N-ethyl adjacent to an activating group) is 1. The summed E-state index contributed by atoms with van der Waals surface area (Å²) in [6, 6.07) is 88.4. The van der Waals surface area contributed by atoms with Gasteiger partial charge in [-0.1, -0.05) is 207 Å². The molecule has 0 amide bonds. The van der Waals surface area contributed by atoms with Crippen LogP contribution >= 0.6 is 0 Å². The Morgan fingerprint density at radius 1 is 0.433 bits per heavy atom. The number of nitrogens with one attached hydrogen (secondary N) is 1. The molecule has 6 aliphatic rings. The Balaban J connectivity index is 0.000000122. The van der Waals surface area contributed by atoms with Gasteiger partial charge in [0.2, 0.25) is 0 Å². The minimum Gasteiger partial charge on any atom is -0.488 e. The highest BCUT2D eigenvalue weighted by molar-refractivity contribution is 5.85. The number of ether oxygens (including phenoxy) is 1. The Kier molecular flexibility index (Phi) is 26.4. The van der Waals surface area contributed by atoms with Crippen LogP contribution in [0.3, 0.4) is 0 Å². The fraction of sp³-hybridized carbons (Fsp3) is 0.340. The fourth-order valence-electron chi connectivity index (χ4n) is 16.1. The van der Waals surface area contributed by atoms with E-state index in [0.29, 0.717) is 18.6 Å². The van der Waals surface area contributed by atoms with E-state index in [9.17, 15) is 0 Å². The van der Waals surface area contributed by atoms with Gasteiger partial charge < -0.3 is 49.3 Å². The summed E-state index contributed by atoms with van der Waals surface area (Å²) >= 11 is 0. The molecule has 0 spiro atoms. The second kappa shape index (κ2) is 36.9. The maximum atomic E-state index is 5.98. The van der Waals surface area contributed by atoms with Crippen LogP contribution < -0.4 is 29.7 Å². The van der Waals surface area contributed by atoms with Gasteiger partial charge in [-0.25, -0.2) is 0 Å². The molecule has 10 nitrogen and oxygen atoms in total. The third-order valence-corrected chi connectivity index (χ3v) is 21.1. The SMILES string of the molecule is CC(CN(C)C)CN1c2ccccc2CCc2ccccc21.CN(C)CC/C=C1/c2ccccc2COc2ccccc21.CN(C)CCCN1c2ccccc2CCc2ccccc21.CN1CCN2c3ccccc3Cc3ccccc3C2C1.CNCCCN1c2ccccc2CCc2ccccc21. The van der Waals surface area contributed by atoms with E-state index < -0.39 is 0 Å². The maximum Gasteiger partial charge on any atom is 0.127 e. The van der Waals surface area contributed by atoms with Crippen molar-refractivity contribution in [2.45, 2.75) is 83.8 Å². The largest absolute Gasteiger partial charge is 0.488 e. The molecule has 0 radical (unpaired) electrons. The molecule has 10 aromatic carbocycles. The zero-order chi connectivity index (χ0) is 72.2. The van der Waals surface area contributed by atoms with E-state index in [-0.39, 0.29) is 0 Å². The van der Waals surface area contributed by atoms with Crippen LogP contribution in [0.4, 0.5) is 39.8 Å².